The maximum Gasteiger partial charge on any atom is 0.257 e. The Kier molecular flexibility index (Phi) is 6.10. The van der Waals surface area contributed by atoms with Crippen molar-refractivity contribution in [1.29, 1.82) is 0 Å². The molecule has 28 heavy (non-hydrogen) atoms. The van der Waals surface area contributed by atoms with E-state index in [9.17, 15) is 14.4 Å². The van der Waals surface area contributed by atoms with E-state index < -0.39 is 0 Å². The maximum atomic E-state index is 12.1. The van der Waals surface area contributed by atoms with Gasteiger partial charge in [-0.05, 0) is 48.5 Å². The lowest BCUT2D eigenvalue weighted by Crippen LogP contribution is -2.32. The molecule has 0 saturated carbocycles. The van der Waals surface area contributed by atoms with Crippen LogP contribution < -0.4 is 16.0 Å². The molecule has 0 spiro atoms. The Labute approximate surface area is 161 Å². The minimum atomic E-state index is -0.351. The maximum absolute atomic E-state index is 12.1. The molecule has 0 fully saturated rings. The molecule has 140 valence electrons. The molecule has 3 amide bonds. The third kappa shape index (κ3) is 5.25. The van der Waals surface area contributed by atoms with Crippen molar-refractivity contribution in [3.8, 4) is 0 Å². The van der Waals surface area contributed by atoms with Crippen molar-refractivity contribution in [2.75, 3.05) is 17.2 Å². The number of aromatic nitrogens is 1. The normalized spacial score (nSPS) is 10.0. The zero-order valence-corrected chi connectivity index (χ0v) is 14.9. The second-order valence-corrected chi connectivity index (χ2v) is 5.87. The van der Waals surface area contributed by atoms with E-state index in [4.69, 9.17) is 0 Å². The first-order chi connectivity index (χ1) is 13.6. The van der Waals surface area contributed by atoms with Crippen molar-refractivity contribution in [3.63, 3.8) is 0 Å². The van der Waals surface area contributed by atoms with Crippen LogP contribution in [0.1, 0.15) is 20.7 Å². The summed E-state index contributed by atoms with van der Waals surface area (Å²) in [4.78, 5) is 39.9. The number of carbonyl (C=O) groups excluding carboxylic acids is 3. The Morgan fingerprint density at radius 3 is 2.00 bits per heavy atom. The zero-order chi connectivity index (χ0) is 19.8. The molecular formula is C21H18N4O3. The van der Waals surface area contributed by atoms with E-state index in [1.165, 1.54) is 6.20 Å². The fraction of sp³-hybridized carbons (Fsp3) is 0.0476. The summed E-state index contributed by atoms with van der Waals surface area (Å²) in [5.74, 6) is -0.936. The van der Waals surface area contributed by atoms with Crippen molar-refractivity contribution >= 4 is 29.1 Å². The predicted molar refractivity (Wildman–Crippen MR) is 106 cm³/mol. The van der Waals surface area contributed by atoms with Crippen LogP contribution >= 0.6 is 0 Å². The molecule has 3 aromatic rings. The molecule has 1 aromatic heterocycles. The van der Waals surface area contributed by atoms with Crippen molar-refractivity contribution in [3.05, 3.63) is 90.3 Å². The monoisotopic (exact) mass is 374 g/mol. The molecule has 0 atom stereocenters. The first-order valence-electron chi connectivity index (χ1n) is 8.56. The standard InChI is InChI=1S/C21H18N4O3/c26-19(14-23-20(27)15-5-2-1-3-6-15)24-17-8-10-18(11-9-17)25-21(28)16-7-4-12-22-13-16/h1-13H,14H2,(H,23,27)(H,24,26)(H,25,28). The molecule has 0 radical (unpaired) electrons. The van der Waals surface area contributed by atoms with E-state index in [2.05, 4.69) is 20.9 Å². The van der Waals surface area contributed by atoms with Gasteiger partial charge in [0, 0.05) is 29.3 Å². The Hall–Kier alpha value is -4.00. The van der Waals surface area contributed by atoms with Crippen LogP contribution in [0.25, 0.3) is 0 Å². The number of nitrogens with one attached hydrogen (secondary N) is 3. The molecule has 7 heteroatoms. The molecule has 0 aliphatic carbocycles. The van der Waals surface area contributed by atoms with Crippen LogP contribution in [-0.4, -0.2) is 29.3 Å². The van der Waals surface area contributed by atoms with Gasteiger partial charge in [-0.2, -0.15) is 0 Å². The zero-order valence-electron chi connectivity index (χ0n) is 14.9. The summed E-state index contributed by atoms with van der Waals surface area (Å²) >= 11 is 0. The molecule has 0 saturated heterocycles. The van der Waals surface area contributed by atoms with Crippen LogP contribution in [0.15, 0.2) is 79.1 Å². The van der Waals surface area contributed by atoms with E-state index in [1.807, 2.05) is 6.07 Å². The van der Waals surface area contributed by atoms with E-state index in [-0.39, 0.29) is 24.3 Å². The van der Waals surface area contributed by atoms with Crippen molar-refractivity contribution in [2.24, 2.45) is 0 Å². The van der Waals surface area contributed by atoms with Gasteiger partial charge in [0.25, 0.3) is 11.8 Å². The average molecular weight is 374 g/mol. The Balaban J connectivity index is 1.49. The number of benzene rings is 2. The lowest BCUT2D eigenvalue weighted by molar-refractivity contribution is -0.115. The number of hydrogen-bond donors (Lipinski definition) is 3. The topological polar surface area (TPSA) is 100 Å². The number of amides is 3. The summed E-state index contributed by atoms with van der Waals surface area (Å²) in [6.45, 7) is -0.146. The van der Waals surface area contributed by atoms with E-state index in [1.54, 1.807) is 66.9 Å². The van der Waals surface area contributed by atoms with Gasteiger partial charge in [0.05, 0.1) is 12.1 Å². The van der Waals surface area contributed by atoms with Gasteiger partial charge < -0.3 is 16.0 Å². The highest BCUT2D eigenvalue weighted by molar-refractivity contribution is 6.04. The summed E-state index contributed by atoms with van der Waals surface area (Å²) in [7, 11) is 0. The number of hydrogen-bond acceptors (Lipinski definition) is 4. The molecule has 0 aliphatic rings. The van der Waals surface area contributed by atoms with Crippen LogP contribution in [0.3, 0.4) is 0 Å². The van der Waals surface area contributed by atoms with Gasteiger partial charge in [-0.25, -0.2) is 0 Å². The predicted octanol–water partition coefficient (Wildman–Crippen LogP) is 2.70. The van der Waals surface area contributed by atoms with Gasteiger partial charge in [-0.1, -0.05) is 18.2 Å². The fourth-order valence-electron chi connectivity index (χ4n) is 2.39. The van der Waals surface area contributed by atoms with Crippen LogP contribution in [0, 0.1) is 0 Å². The Bertz CT molecular complexity index is 958. The smallest absolute Gasteiger partial charge is 0.257 e. The second-order valence-electron chi connectivity index (χ2n) is 5.87. The quantitative estimate of drug-likeness (QED) is 0.618. The SMILES string of the molecule is O=C(CNC(=O)c1ccccc1)Nc1ccc(NC(=O)c2cccnc2)cc1. The largest absolute Gasteiger partial charge is 0.343 e. The average Bonchev–Trinajstić information content (AvgIpc) is 2.74. The van der Waals surface area contributed by atoms with Crippen molar-refractivity contribution in [2.45, 2.75) is 0 Å². The lowest BCUT2D eigenvalue weighted by Gasteiger charge is -2.09. The fourth-order valence-corrected chi connectivity index (χ4v) is 2.39. The van der Waals surface area contributed by atoms with E-state index in [0.717, 1.165) is 0 Å². The molecule has 1 heterocycles. The third-order valence-electron chi connectivity index (χ3n) is 3.80. The minimum Gasteiger partial charge on any atom is -0.343 e. The Morgan fingerprint density at radius 2 is 1.36 bits per heavy atom. The summed E-state index contributed by atoms with van der Waals surface area (Å²) in [6, 6.07) is 18.7. The summed E-state index contributed by atoms with van der Waals surface area (Å²) < 4.78 is 0. The van der Waals surface area contributed by atoms with Crippen LogP contribution in [0.5, 0.6) is 0 Å². The molecule has 0 aliphatic heterocycles. The van der Waals surface area contributed by atoms with Gasteiger partial charge in [0.2, 0.25) is 5.91 Å². The summed E-state index contributed by atoms with van der Waals surface area (Å²) in [5.41, 5.74) is 2.08. The second kappa shape index (κ2) is 9.09. The number of rotatable bonds is 6. The van der Waals surface area contributed by atoms with Gasteiger partial charge in [0.1, 0.15) is 0 Å². The molecule has 3 rings (SSSR count). The molecule has 0 bridgehead atoms. The number of carbonyl (C=O) groups is 3. The molecule has 2 aromatic carbocycles. The molecule has 0 unspecified atom stereocenters. The lowest BCUT2D eigenvalue weighted by atomic mass is 10.2. The van der Waals surface area contributed by atoms with Gasteiger partial charge in [0.15, 0.2) is 0 Å². The molecular weight excluding hydrogens is 356 g/mol. The van der Waals surface area contributed by atoms with Crippen molar-refractivity contribution < 1.29 is 14.4 Å². The highest BCUT2D eigenvalue weighted by Gasteiger charge is 2.09. The van der Waals surface area contributed by atoms with Crippen molar-refractivity contribution in [1.82, 2.24) is 10.3 Å². The summed E-state index contributed by atoms with van der Waals surface area (Å²) in [5, 5.41) is 7.99. The summed E-state index contributed by atoms with van der Waals surface area (Å²) in [6.07, 6.45) is 3.07. The van der Waals surface area contributed by atoms with Gasteiger partial charge in [-0.3, -0.25) is 19.4 Å². The van der Waals surface area contributed by atoms with Gasteiger partial charge in [-0.15, -0.1) is 0 Å². The first-order valence-corrected chi connectivity index (χ1v) is 8.56. The van der Waals surface area contributed by atoms with Gasteiger partial charge >= 0.3 is 0 Å². The van der Waals surface area contributed by atoms with Crippen LogP contribution in [0.4, 0.5) is 11.4 Å². The van der Waals surface area contributed by atoms with Crippen LogP contribution in [-0.2, 0) is 4.79 Å². The Morgan fingerprint density at radius 1 is 0.714 bits per heavy atom. The van der Waals surface area contributed by atoms with Crippen LogP contribution in [0.2, 0.25) is 0 Å². The highest BCUT2D eigenvalue weighted by atomic mass is 16.2. The molecule has 7 nitrogen and oxygen atoms in total. The number of pyridine rings is 1. The van der Waals surface area contributed by atoms with E-state index >= 15 is 0 Å². The first kappa shape index (κ1) is 18.8. The van der Waals surface area contributed by atoms with E-state index in [0.29, 0.717) is 22.5 Å². The highest BCUT2D eigenvalue weighted by Crippen LogP contribution is 2.14. The minimum absolute atomic E-state index is 0.146. The number of anilines is 2. The molecule has 3 N–H and O–H groups in total. The third-order valence-corrected chi connectivity index (χ3v) is 3.80. The number of nitrogens with zero attached hydrogens (tertiary/aromatic N) is 1.